The molecular weight excluding hydrogens is 289 g/mol. The van der Waals surface area contributed by atoms with E-state index in [4.69, 9.17) is 5.53 Å². The van der Waals surface area contributed by atoms with E-state index in [0.29, 0.717) is 10.7 Å². The fourth-order valence-electron chi connectivity index (χ4n) is 1.60. The van der Waals surface area contributed by atoms with Gasteiger partial charge in [0.05, 0.1) is 11.3 Å². The lowest BCUT2D eigenvalue weighted by molar-refractivity contribution is -0.137. The van der Waals surface area contributed by atoms with Crippen LogP contribution < -0.4 is 0 Å². The molecule has 0 bridgehead atoms. The van der Waals surface area contributed by atoms with Crippen LogP contribution in [0.2, 0.25) is 0 Å². The lowest BCUT2D eigenvalue weighted by Crippen LogP contribution is -2.04. The minimum Gasteiger partial charge on any atom is -0.230 e. The summed E-state index contributed by atoms with van der Waals surface area (Å²) in [5.74, 6) is 0. The Kier molecular flexibility index (Phi) is 4.03. The summed E-state index contributed by atoms with van der Waals surface area (Å²) in [6.45, 7) is 0. The molecule has 1 N–H and O–H groups in total. The Labute approximate surface area is 117 Å². The first-order valence-corrected chi connectivity index (χ1v) is 6.63. The average molecular weight is 298 g/mol. The molecule has 0 fully saturated rings. The Morgan fingerprint density at radius 2 is 1.85 bits per heavy atom. The smallest absolute Gasteiger partial charge is 0.230 e. The number of rotatable bonds is 3. The number of thioether (sulfide) groups is 1. The lowest BCUT2D eigenvalue weighted by atomic mass is 10.0. The molecule has 1 heterocycles. The average Bonchev–Trinajstić information content (AvgIpc) is 2.45. The van der Waals surface area contributed by atoms with Crippen molar-refractivity contribution in [1.82, 2.24) is 9.97 Å². The van der Waals surface area contributed by atoms with Gasteiger partial charge in [0.25, 0.3) is 0 Å². The first kappa shape index (κ1) is 14.4. The van der Waals surface area contributed by atoms with E-state index in [2.05, 4.69) is 15.1 Å². The van der Waals surface area contributed by atoms with Crippen LogP contribution in [0.1, 0.15) is 5.56 Å². The van der Waals surface area contributed by atoms with Crippen LogP contribution in [-0.4, -0.2) is 16.2 Å². The fraction of sp³-hybridized carbons (Fsp3) is 0.167. The molecular formula is C12H9F3N4S. The number of nitrogens with one attached hydrogen (secondary N) is 1. The molecule has 1 aromatic carbocycles. The van der Waals surface area contributed by atoms with Gasteiger partial charge < -0.3 is 0 Å². The zero-order valence-corrected chi connectivity index (χ0v) is 11.1. The van der Waals surface area contributed by atoms with Crippen LogP contribution >= 0.6 is 11.8 Å². The van der Waals surface area contributed by atoms with Crippen molar-refractivity contribution in [3.63, 3.8) is 0 Å². The Morgan fingerprint density at radius 3 is 2.35 bits per heavy atom. The molecule has 0 amide bonds. The molecule has 0 saturated heterocycles. The summed E-state index contributed by atoms with van der Waals surface area (Å²) in [6.07, 6.45) is 0.186. The van der Waals surface area contributed by atoms with Crippen LogP contribution in [0, 0.1) is 5.53 Å². The van der Waals surface area contributed by atoms with Gasteiger partial charge in [0.2, 0.25) is 0 Å². The Morgan fingerprint density at radius 1 is 1.20 bits per heavy atom. The Hall–Kier alpha value is -1.96. The van der Waals surface area contributed by atoms with Gasteiger partial charge in [-0.1, -0.05) is 11.8 Å². The van der Waals surface area contributed by atoms with Gasteiger partial charge in [-0.3, -0.25) is 0 Å². The first-order valence-electron chi connectivity index (χ1n) is 5.41. The van der Waals surface area contributed by atoms with Crippen molar-refractivity contribution in [2.24, 2.45) is 5.11 Å². The quantitative estimate of drug-likeness (QED) is 0.514. The predicted molar refractivity (Wildman–Crippen MR) is 69.1 cm³/mol. The van der Waals surface area contributed by atoms with E-state index in [9.17, 15) is 13.2 Å². The second kappa shape index (κ2) is 5.58. The van der Waals surface area contributed by atoms with Crippen molar-refractivity contribution in [3.05, 3.63) is 36.2 Å². The molecule has 104 valence electrons. The van der Waals surface area contributed by atoms with Crippen LogP contribution in [0.15, 0.2) is 40.9 Å². The van der Waals surface area contributed by atoms with E-state index in [1.807, 2.05) is 0 Å². The molecule has 2 aromatic rings. The number of hydrogen-bond acceptors (Lipinski definition) is 5. The predicted octanol–water partition coefficient (Wildman–Crippen LogP) is 4.55. The minimum atomic E-state index is -4.45. The summed E-state index contributed by atoms with van der Waals surface area (Å²) in [6, 6.07) is 3.01. The SMILES string of the molecule is CSc1ncc(-c2cc(C(F)(F)F)ccc2N=N)cn1. The normalized spacial score (nSPS) is 11.4. The van der Waals surface area contributed by atoms with Gasteiger partial charge in [-0.05, 0) is 24.5 Å². The third-order valence-electron chi connectivity index (χ3n) is 2.57. The zero-order chi connectivity index (χ0) is 14.8. The van der Waals surface area contributed by atoms with Gasteiger partial charge in [-0.15, -0.1) is 0 Å². The van der Waals surface area contributed by atoms with Crippen LogP contribution in [-0.2, 0) is 6.18 Å². The van der Waals surface area contributed by atoms with E-state index in [1.54, 1.807) is 6.26 Å². The second-order valence-corrected chi connectivity index (χ2v) is 4.57. The first-order chi connectivity index (χ1) is 9.45. The van der Waals surface area contributed by atoms with Crippen LogP contribution in [0.5, 0.6) is 0 Å². The molecule has 8 heteroatoms. The van der Waals surface area contributed by atoms with E-state index in [-0.39, 0.29) is 11.3 Å². The Bertz CT molecular complexity index is 626. The Balaban J connectivity index is 2.54. The summed E-state index contributed by atoms with van der Waals surface area (Å²) in [5.41, 5.74) is 6.95. The number of aromatic nitrogens is 2. The second-order valence-electron chi connectivity index (χ2n) is 3.80. The highest BCUT2D eigenvalue weighted by atomic mass is 32.2. The molecule has 0 unspecified atom stereocenters. The van der Waals surface area contributed by atoms with E-state index < -0.39 is 11.7 Å². The van der Waals surface area contributed by atoms with Gasteiger partial charge in [0.1, 0.15) is 0 Å². The third kappa shape index (κ3) is 2.96. The number of halogens is 3. The van der Waals surface area contributed by atoms with E-state index in [0.717, 1.165) is 18.2 Å². The van der Waals surface area contributed by atoms with Gasteiger partial charge >= 0.3 is 6.18 Å². The third-order valence-corrected chi connectivity index (χ3v) is 3.14. The highest BCUT2D eigenvalue weighted by Crippen LogP contribution is 2.36. The largest absolute Gasteiger partial charge is 0.416 e. The molecule has 0 spiro atoms. The maximum atomic E-state index is 12.7. The molecule has 0 aliphatic carbocycles. The number of alkyl halides is 3. The molecule has 2 rings (SSSR count). The lowest BCUT2D eigenvalue weighted by Gasteiger charge is -2.10. The highest BCUT2D eigenvalue weighted by molar-refractivity contribution is 7.98. The van der Waals surface area contributed by atoms with Crippen molar-refractivity contribution < 1.29 is 13.2 Å². The summed E-state index contributed by atoms with van der Waals surface area (Å²) in [4.78, 5) is 8.02. The molecule has 0 aliphatic heterocycles. The number of benzene rings is 1. The summed E-state index contributed by atoms with van der Waals surface area (Å²) in [5, 5.41) is 3.75. The molecule has 0 atom stereocenters. The molecule has 0 saturated carbocycles. The van der Waals surface area contributed by atoms with Crippen molar-refractivity contribution >= 4 is 17.4 Å². The van der Waals surface area contributed by atoms with Crippen LogP contribution in [0.3, 0.4) is 0 Å². The van der Waals surface area contributed by atoms with E-state index >= 15 is 0 Å². The van der Waals surface area contributed by atoms with Gasteiger partial charge in [-0.2, -0.15) is 18.3 Å². The van der Waals surface area contributed by atoms with Gasteiger partial charge in [0.15, 0.2) is 5.16 Å². The van der Waals surface area contributed by atoms with Crippen molar-refractivity contribution in [1.29, 1.82) is 5.53 Å². The number of hydrogen-bond donors (Lipinski definition) is 1. The molecule has 0 radical (unpaired) electrons. The fourth-order valence-corrected chi connectivity index (χ4v) is 1.92. The molecule has 1 aromatic heterocycles. The standard InChI is InChI=1S/C12H9F3N4S/c1-20-11-17-5-7(6-18-11)9-4-8(12(13,14)15)2-3-10(9)19-16/h2-6,16H,1H3. The van der Waals surface area contributed by atoms with Crippen molar-refractivity contribution in [2.75, 3.05) is 6.26 Å². The van der Waals surface area contributed by atoms with E-state index in [1.165, 1.54) is 24.2 Å². The van der Waals surface area contributed by atoms with Gasteiger partial charge in [-0.25, -0.2) is 15.5 Å². The summed E-state index contributed by atoms with van der Waals surface area (Å²) >= 11 is 1.33. The van der Waals surface area contributed by atoms with Crippen LogP contribution in [0.4, 0.5) is 18.9 Å². The maximum Gasteiger partial charge on any atom is 0.416 e. The topological polar surface area (TPSA) is 62.0 Å². The van der Waals surface area contributed by atoms with Gasteiger partial charge in [0, 0.05) is 23.5 Å². The minimum absolute atomic E-state index is 0.138. The highest BCUT2D eigenvalue weighted by Gasteiger charge is 2.31. The molecule has 20 heavy (non-hydrogen) atoms. The number of nitrogens with zero attached hydrogens (tertiary/aromatic N) is 3. The van der Waals surface area contributed by atoms with Crippen molar-refractivity contribution in [3.8, 4) is 11.1 Å². The monoisotopic (exact) mass is 298 g/mol. The van der Waals surface area contributed by atoms with Crippen molar-refractivity contribution in [2.45, 2.75) is 11.3 Å². The summed E-state index contributed by atoms with van der Waals surface area (Å²) < 4.78 is 38.2. The zero-order valence-electron chi connectivity index (χ0n) is 10.3. The molecule has 4 nitrogen and oxygen atoms in total. The molecule has 0 aliphatic rings. The maximum absolute atomic E-state index is 12.7. The van der Waals surface area contributed by atoms with Crippen LogP contribution in [0.25, 0.3) is 11.1 Å². The summed E-state index contributed by atoms with van der Waals surface area (Å²) in [7, 11) is 0.